The minimum atomic E-state index is -1.28. The van der Waals surface area contributed by atoms with E-state index in [0.29, 0.717) is 19.3 Å². The van der Waals surface area contributed by atoms with Crippen LogP contribution >= 0.6 is 0 Å². The second-order valence-electron chi connectivity index (χ2n) is 14.7. The van der Waals surface area contributed by atoms with Gasteiger partial charge in [0, 0.05) is 12.8 Å². The molecule has 0 aliphatic heterocycles. The van der Waals surface area contributed by atoms with Gasteiger partial charge in [0.05, 0.1) is 27.6 Å². The van der Waals surface area contributed by atoms with Gasteiger partial charge in [-0.15, -0.1) is 0 Å². The number of unbranched alkanes of at least 4 members (excludes halogenated alkanes) is 22. The van der Waals surface area contributed by atoms with Crippen molar-refractivity contribution in [3.05, 3.63) is 24.3 Å². The molecule has 0 spiro atoms. The molecule has 0 rings (SSSR count). The molecule has 0 aromatic heterocycles. The Morgan fingerprint density at radius 1 is 0.458 bits per heavy atom. The fourth-order valence-corrected chi connectivity index (χ4v) is 6.05. The summed E-state index contributed by atoms with van der Waals surface area (Å²) < 4.78 is 12.1. The summed E-state index contributed by atoms with van der Waals surface area (Å²) in [6, 6.07) is 0. The van der Waals surface area contributed by atoms with Gasteiger partial charge in [-0.2, -0.15) is 0 Å². The molecule has 0 fully saturated rings. The highest BCUT2D eigenvalue weighted by Crippen LogP contribution is 2.28. The molecule has 0 unspecified atom stereocenters. The maximum atomic E-state index is 12.8. The summed E-state index contributed by atoms with van der Waals surface area (Å²) in [7, 11) is 5.77. The third kappa shape index (κ3) is 28.5. The molecule has 284 valence electrons. The Kier molecular flexibility index (Phi) is 34.7. The average Bonchev–Trinajstić information content (AvgIpc) is 3.03. The molecule has 0 bridgehead atoms. The molecule has 0 saturated heterocycles. The maximum Gasteiger partial charge on any atom is 0.407 e. The highest BCUT2D eigenvalue weighted by atomic mass is 35.5. The first-order valence-electron chi connectivity index (χ1n) is 20.3. The van der Waals surface area contributed by atoms with E-state index in [9.17, 15) is 9.59 Å². The van der Waals surface area contributed by atoms with Crippen molar-refractivity contribution < 1.29 is 36.0 Å². The van der Waals surface area contributed by atoms with Crippen molar-refractivity contribution in [3.8, 4) is 0 Å². The number of nitrogens with zero attached hydrogens (tertiary/aromatic N) is 1. The summed E-state index contributed by atoms with van der Waals surface area (Å²) in [4.78, 5) is 25.7. The third-order valence-electron chi connectivity index (χ3n) is 9.30. The van der Waals surface area contributed by atoms with Crippen molar-refractivity contribution in [2.45, 2.75) is 213 Å². The lowest BCUT2D eigenvalue weighted by atomic mass is 10.1. The number of ether oxygens (including phenoxy) is 2. The molecule has 0 aromatic carbocycles. The summed E-state index contributed by atoms with van der Waals surface area (Å²) in [5.41, 5.74) is 0. The summed E-state index contributed by atoms with van der Waals surface area (Å²) in [6.07, 6.45) is 42.4. The number of halogens is 1. The minimum absolute atomic E-state index is 0. The van der Waals surface area contributed by atoms with Gasteiger partial charge in [-0.05, 0) is 64.2 Å². The zero-order valence-electron chi connectivity index (χ0n) is 32.8. The number of hydrogen-bond donors (Lipinski definition) is 0. The van der Waals surface area contributed by atoms with Gasteiger partial charge in [-0.25, -0.2) is 0 Å². The molecule has 0 aliphatic carbocycles. The third-order valence-corrected chi connectivity index (χ3v) is 9.30. The number of allylic oxidation sites excluding steroid dienone is 4. The molecule has 48 heavy (non-hydrogen) atoms. The van der Waals surface area contributed by atoms with Gasteiger partial charge in [0.1, 0.15) is 0 Å². The molecule has 0 N–H and O–H groups in total. The van der Waals surface area contributed by atoms with Crippen molar-refractivity contribution in [2.75, 3.05) is 21.1 Å². The number of carbonyl (C=O) groups is 2. The van der Waals surface area contributed by atoms with Gasteiger partial charge < -0.3 is 21.9 Å². The molecule has 0 heterocycles. The Bertz CT molecular complexity index is 735. The van der Waals surface area contributed by atoms with E-state index in [2.05, 4.69) is 38.2 Å². The monoisotopic (exact) mass is 698 g/mol. The van der Waals surface area contributed by atoms with Crippen LogP contribution in [0.15, 0.2) is 24.3 Å². The van der Waals surface area contributed by atoms with Crippen molar-refractivity contribution in [2.24, 2.45) is 0 Å². The Morgan fingerprint density at radius 2 is 0.729 bits per heavy atom. The predicted molar refractivity (Wildman–Crippen MR) is 202 cm³/mol. The van der Waals surface area contributed by atoms with Gasteiger partial charge in [-0.3, -0.25) is 14.1 Å². The zero-order valence-corrected chi connectivity index (χ0v) is 33.5. The van der Waals surface area contributed by atoms with Crippen molar-refractivity contribution in [3.63, 3.8) is 0 Å². The van der Waals surface area contributed by atoms with E-state index < -0.39 is 5.91 Å². The molecule has 6 heteroatoms. The quantitative estimate of drug-likeness (QED) is 0.0221. The normalized spacial score (nSPS) is 12.1. The van der Waals surface area contributed by atoms with Crippen LogP contribution in [-0.2, 0) is 19.1 Å². The van der Waals surface area contributed by atoms with Crippen molar-refractivity contribution in [1.29, 1.82) is 0 Å². The highest BCUT2D eigenvalue weighted by Gasteiger charge is 2.50. The topological polar surface area (TPSA) is 52.6 Å². The Hall–Kier alpha value is -1.33. The lowest BCUT2D eigenvalue weighted by Gasteiger charge is -2.42. The fourth-order valence-electron chi connectivity index (χ4n) is 6.05. The number of hydrogen-bond acceptors (Lipinski definition) is 4. The highest BCUT2D eigenvalue weighted by molar-refractivity contribution is 5.71. The summed E-state index contributed by atoms with van der Waals surface area (Å²) >= 11 is 0. The number of rotatable bonds is 34. The molecular weight excluding hydrogens is 618 g/mol. The molecule has 0 radical (unpaired) electrons. The van der Waals surface area contributed by atoms with Gasteiger partial charge in [0.25, 0.3) is 0 Å². The summed E-state index contributed by atoms with van der Waals surface area (Å²) in [6.45, 7) is 6.46. The van der Waals surface area contributed by atoms with E-state index in [1.165, 1.54) is 116 Å². The predicted octanol–water partition coefficient (Wildman–Crippen LogP) is 9.92. The fraction of sp³-hybridized carbons (Fsp3) is 0.857. The largest absolute Gasteiger partial charge is 1.00 e. The molecule has 0 atom stereocenters. The smallest absolute Gasteiger partial charge is 0.407 e. The van der Waals surface area contributed by atoms with E-state index in [1.54, 1.807) is 0 Å². The maximum absolute atomic E-state index is 12.8. The van der Waals surface area contributed by atoms with E-state index in [4.69, 9.17) is 9.47 Å². The molecule has 0 saturated carbocycles. The lowest BCUT2D eigenvalue weighted by Crippen LogP contribution is -3.00. The van der Waals surface area contributed by atoms with E-state index in [1.807, 2.05) is 28.1 Å². The number of quaternary nitrogens is 1. The van der Waals surface area contributed by atoms with Gasteiger partial charge in [-0.1, -0.05) is 148 Å². The van der Waals surface area contributed by atoms with Gasteiger partial charge >= 0.3 is 17.8 Å². The number of carbonyl (C=O) groups excluding carboxylic acids is 2. The Balaban J connectivity index is 0. The van der Waals surface area contributed by atoms with Crippen LogP contribution in [-0.4, -0.2) is 43.5 Å². The van der Waals surface area contributed by atoms with Gasteiger partial charge in [0.2, 0.25) is 0 Å². The Labute approximate surface area is 305 Å². The summed E-state index contributed by atoms with van der Waals surface area (Å²) in [5.74, 6) is -1.82. The zero-order chi connectivity index (χ0) is 34.9. The van der Waals surface area contributed by atoms with Crippen molar-refractivity contribution >= 4 is 11.9 Å². The SMILES string of the molecule is CCCCCCCC/C=C\CCCCCCCC(=O)OC(CC)(OC(=O)CCCCCCC/C=C\CCCCCCCC)[N+](C)(C)C.[Cl-]. The standard InChI is InChI=1S/C42H80NO4.ClH/c1-7-10-12-14-16-18-20-22-24-26-28-30-32-34-36-38-40(44)46-42(9-3,43(4,5)6)47-41(45)39-37-35-33-31-29-27-25-23-21-19-17-15-13-11-8-2;/h22-25H,7-21,26-39H2,1-6H3;1H/q+1;/p-1/b24-22-,25-23-;. The van der Waals surface area contributed by atoms with Crippen LogP contribution in [0.5, 0.6) is 0 Å². The van der Waals surface area contributed by atoms with Crippen LogP contribution in [0.3, 0.4) is 0 Å². The second-order valence-corrected chi connectivity index (χ2v) is 14.7. The molecule has 0 aromatic rings. The lowest BCUT2D eigenvalue weighted by molar-refractivity contribution is -0.974. The average molecular weight is 699 g/mol. The molecule has 0 aliphatic rings. The van der Waals surface area contributed by atoms with Crippen LogP contribution in [0, 0.1) is 0 Å². The number of esters is 2. The van der Waals surface area contributed by atoms with Crippen LogP contribution in [0.2, 0.25) is 0 Å². The first-order chi connectivity index (χ1) is 22.7. The second kappa shape index (κ2) is 34.1. The van der Waals surface area contributed by atoms with Crippen molar-refractivity contribution in [1.82, 2.24) is 0 Å². The Morgan fingerprint density at radius 3 is 1.00 bits per heavy atom. The van der Waals surface area contributed by atoms with Crippen LogP contribution < -0.4 is 12.4 Å². The van der Waals surface area contributed by atoms with E-state index >= 15 is 0 Å². The van der Waals surface area contributed by atoms with E-state index in [-0.39, 0.29) is 28.8 Å². The van der Waals surface area contributed by atoms with E-state index in [0.717, 1.165) is 51.4 Å². The molecule has 0 amide bonds. The van der Waals surface area contributed by atoms with Crippen LogP contribution in [0.4, 0.5) is 0 Å². The minimum Gasteiger partial charge on any atom is -1.00 e. The summed E-state index contributed by atoms with van der Waals surface area (Å²) in [5, 5.41) is 0. The van der Waals surface area contributed by atoms with Crippen LogP contribution in [0.1, 0.15) is 207 Å². The molecule has 5 nitrogen and oxygen atoms in total. The first-order valence-corrected chi connectivity index (χ1v) is 20.3. The molecular formula is C42H80ClNO4. The van der Waals surface area contributed by atoms with Crippen LogP contribution in [0.25, 0.3) is 0 Å². The van der Waals surface area contributed by atoms with Gasteiger partial charge in [0.15, 0.2) is 0 Å². The first kappa shape index (κ1) is 48.8.